The van der Waals surface area contributed by atoms with Gasteiger partial charge < -0.3 is 5.73 Å². The van der Waals surface area contributed by atoms with Gasteiger partial charge in [-0.25, -0.2) is 13.1 Å². The molecule has 28 heavy (non-hydrogen) atoms. The van der Waals surface area contributed by atoms with Crippen LogP contribution in [0.2, 0.25) is 0 Å². The molecule has 0 fully saturated rings. The van der Waals surface area contributed by atoms with Crippen LogP contribution in [0.5, 0.6) is 0 Å². The molecule has 2 aromatic carbocycles. The lowest BCUT2D eigenvalue weighted by Crippen LogP contribution is -2.40. The molecule has 7 heteroatoms. The summed E-state index contributed by atoms with van der Waals surface area (Å²) in [5, 5.41) is 1.76. The molecule has 0 bridgehead atoms. The number of rotatable bonds is 9. The van der Waals surface area contributed by atoms with Crippen LogP contribution < -0.4 is 10.5 Å². The third-order valence-electron chi connectivity index (χ3n) is 4.64. The Morgan fingerprint density at radius 3 is 2.54 bits per heavy atom. The van der Waals surface area contributed by atoms with Gasteiger partial charge in [-0.2, -0.15) is 0 Å². The minimum atomic E-state index is -3.60. The van der Waals surface area contributed by atoms with Crippen LogP contribution in [-0.2, 0) is 16.4 Å². The van der Waals surface area contributed by atoms with E-state index in [0.29, 0.717) is 0 Å². The summed E-state index contributed by atoms with van der Waals surface area (Å²) < 4.78 is 28.2. The van der Waals surface area contributed by atoms with Gasteiger partial charge in [0.05, 0.1) is 4.90 Å². The van der Waals surface area contributed by atoms with E-state index in [9.17, 15) is 8.42 Å². The van der Waals surface area contributed by atoms with Gasteiger partial charge in [-0.05, 0) is 48.4 Å². The van der Waals surface area contributed by atoms with E-state index in [4.69, 9.17) is 5.73 Å². The molecule has 0 saturated heterocycles. The number of nitrogens with zero attached hydrogens (tertiary/aromatic N) is 1. The number of pyridine rings is 1. The Hall–Kier alpha value is -1.99. The number of sulfonamides is 1. The normalized spacial score (nSPS) is 12.5. The van der Waals surface area contributed by atoms with Crippen molar-refractivity contribution in [2.75, 3.05) is 6.54 Å². The minimum Gasteiger partial charge on any atom is -0.329 e. The molecule has 0 aliphatic carbocycles. The second-order valence-corrected chi connectivity index (χ2v) is 8.38. The highest BCUT2D eigenvalue weighted by Gasteiger charge is 2.19. The molecule has 1 aromatic heterocycles. The molecule has 0 radical (unpaired) electrons. The molecule has 1 unspecified atom stereocenters. The maximum atomic E-state index is 12.7. The first-order valence-electron chi connectivity index (χ1n) is 9.18. The van der Waals surface area contributed by atoms with Gasteiger partial charge in [0, 0.05) is 30.4 Å². The summed E-state index contributed by atoms with van der Waals surface area (Å²) in [5.74, 6) is 0. The summed E-state index contributed by atoms with van der Waals surface area (Å²) >= 11 is 0. The lowest BCUT2D eigenvalue weighted by molar-refractivity contribution is 0.511. The van der Waals surface area contributed by atoms with Gasteiger partial charge >= 0.3 is 0 Å². The molecule has 5 nitrogen and oxygen atoms in total. The number of nitrogens with two attached hydrogens (primary N) is 1. The average molecular weight is 420 g/mol. The number of hydrogen-bond acceptors (Lipinski definition) is 4. The van der Waals surface area contributed by atoms with Crippen molar-refractivity contribution in [1.82, 2.24) is 9.71 Å². The van der Waals surface area contributed by atoms with Crippen molar-refractivity contribution >= 4 is 33.2 Å². The van der Waals surface area contributed by atoms with E-state index < -0.39 is 10.0 Å². The number of aromatic nitrogens is 1. The molecule has 3 aromatic rings. The number of halogens is 1. The lowest BCUT2D eigenvalue weighted by Gasteiger charge is -2.17. The SMILES string of the molecule is Cl.NCC(CCCCc1ccccc1)NS(=O)(=O)c1ccc2cnccc2c1. The first kappa shape index (κ1) is 22.3. The number of fused-ring (bicyclic) bond motifs is 1. The third kappa shape index (κ3) is 6.01. The lowest BCUT2D eigenvalue weighted by atomic mass is 10.0. The van der Waals surface area contributed by atoms with Crippen LogP contribution in [0.3, 0.4) is 0 Å². The fourth-order valence-electron chi connectivity index (χ4n) is 3.11. The van der Waals surface area contributed by atoms with E-state index in [1.165, 1.54) is 5.56 Å². The van der Waals surface area contributed by atoms with Crippen molar-refractivity contribution in [3.63, 3.8) is 0 Å². The zero-order chi connectivity index (χ0) is 19.1. The summed E-state index contributed by atoms with van der Waals surface area (Å²) in [6.45, 7) is 0.280. The molecule has 1 heterocycles. The number of aryl methyl sites for hydroxylation is 1. The number of nitrogens with one attached hydrogen (secondary N) is 1. The zero-order valence-corrected chi connectivity index (χ0v) is 17.3. The van der Waals surface area contributed by atoms with E-state index in [-0.39, 0.29) is 29.9 Å². The van der Waals surface area contributed by atoms with Crippen LogP contribution in [0.1, 0.15) is 24.8 Å². The molecule has 1 atom stereocenters. The molecular formula is C21H26ClN3O2S. The van der Waals surface area contributed by atoms with Crippen LogP contribution in [-0.4, -0.2) is 26.0 Å². The predicted octanol–water partition coefficient (Wildman–Crippen LogP) is 3.68. The smallest absolute Gasteiger partial charge is 0.240 e. The van der Waals surface area contributed by atoms with Gasteiger partial charge in [0.25, 0.3) is 0 Å². The molecule has 0 saturated carbocycles. The molecule has 0 aliphatic heterocycles. The summed E-state index contributed by atoms with van der Waals surface area (Å²) in [7, 11) is -3.60. The fourth-order valence-corrected chi connectivity index (χ4v) is 4.42. The Morgan fingerprint density at radius 2 is 1.79 bits per heavy atom. The molecule has 0 spiro atoms. The van der Waals surface area contributed by atoms with Crippen LogP contribution in [0.25, 0.3) is 10.8 Å². The van der Waals surface area contributed by atoms with Crippen LogP contribution in [0.15, 0.2) is 71.9 Å². The van der Waals surface area contributed by atoms with Crippen molar-refractivity contribution in [3.8, 4) is 0 Å². The highest BCUT2D eigenvalue weighted by molar-refractivity contribution is 7.89. The van der Waals surface area contributed by atoms with Crippen molar-refractivity contribution in [3.05, 3.63) is 72.6 Å². The number of hydrogen-bond donors (Lipinski definition) is 2. The second kappa shape index (κ2) is 10.5. The Bertz CT molecular complexity index is 981. The van der Waals surface area contributed by atoms with Gasteiger partial charge in [-0.3, -0.25) is 4.98 Å². The third-order valence-corrected chi connectivity index (χ3v) is 6.16. The quantitative estimate of drug-likeness (QED) is 0.518. The predicted molar refractivity (Wildman–Crippen MR) is 116 cm³/mol. The van der Waals surface area contributed by atoms with Gasteiger partial charge in [0.1, 0.15) is 0 Å². The highest BCUT2D eigenvalue weighted by atomic mass is 35.5. The topological polar surface area (TPSA) is 85.1 Å². The molecular weight excluding hydrogens is 394 g/mol. The summed E-state index contributed by atoms with van der Waals surface area (Å²) in [4.78, 5) is 4.30. The summed E-state index contributed by atoms with van der Waals surface area (Å²) in [5.41, 5.74) is 7.11. The van der Waals surface area contributed by atoms with Crippen molar-refractivity contribution in [2.45, 2.75) is 36.6 Å². The first-order chi connectivity index (χ1) is 13.1. The van der Waals surface area contributed by atoms with E-state index in [0.717, 1.165) is 36.5 Å². The van der Waals surface area contributed by atoms with Gasteiger partial charge in [0.15, 0.2) is 0 Å². The van der Waals surface area contributed by atoms with Crippen molar-refractivity contribution in [2.24, 2.45) is 5.73 Å². The van der Waals surface area contributed by atoms with E-state index in [2.05, 4.69) is 21.8 Å². The summed E-state index contributed by atoms with van der Waals surface area (Å²) in [6.07, 6.45) is 7.01. The van der Waals surface area contributed by atoms with Crippen molar-refractivity contribution < 1.29 is 8.42 Å². The largest absolute Gasteiger partial charge is 0.329 e. The molecule has 3 rings (SSSR count). The molecule has 150 valence electrons. The number of unbranched alkanes of at least 4 members (excludes halogenated alkanes) is 1. The monoisotopic (exact) mass is 419 g/mol. The van der Waals surface area contributed by atoms with Crippen LogP contribution in [0, 0.1) is 0 Å². The molecule has 0 amide bonds. The van der Waals surface area contributed by atoms with Gasteiger partial charge in [0.2, 0.25) is 10.0 Å². The number of benzene rings is 2. The fraction of sp³-hybridized carbons (Fsp3) is 0.286. The van der Waals surface area contributed by atoms with Gasteiger partial charge in [-0.1, -0.05) is 42.8 Å². The molecule has 3 N–H and O–H groups in total. The minimum absolute atomic E-state index is 0. The maximum absolute atomic E-state index is 12.7. The van der Waals surface area contributed by atoms with Gasteiger partial charge in [-0.15, -0.1) is 12.4 Å². The van der Waals surface area contributed by atoms with Crippen molar-refractivity contribution in [1.29, 1.82) is 0 Å². The van der Waals surface area contributed by atoms with E-state index in [1.54, 1.807) is 36.7 Å². The Kier molecular flexibility index (Phi) is 8.38. The van der Waals surface area contributed by atoms with Crippen LogP contribution >= 0.6 is 12.4 Å². The average Bonchev–Trinajstić information content (AvgIpc) is 2.70. The highest BCUT2D eigenvalue weighted by Crippen LogP contribution is 2.19. The molecule has 0 aliphatic rings. The second-order valence-electron chi connectivity index (χ2n) is 6.67. The Morgan fingerprint density at radius 1 is 1.00 bits per heavy atom. The van der Waals surface area contributed by atoms with E-state index >= 15 is 0 Å². The van der Waals surface area contributed by atoms with E-state index in [1.807, 2.05) is 18.2 Å². The Balaban J connectivity index is 0.00000280. The zero-order valence-electron chi connectivity index (χ0n) is 15.6. The van der Waals surface area contributed by atoms with Crippen LogP contribution in [0.4, 0.5) is 0 Å². The Labute approximate surface area is 172 Å². The summed E-state index contributed by atoms with van der Waals surface area (Å²) in [6, 6.07) is 16.9. The maximum Gasteiger partial charge on any atom is 0.240 e. The first-order valence-corrected chi connectivity index (χ1v) is 10.7. The standard InChI is InChI=1S/C21H25N3O2S.ClH/c22-15-20(9-5-4-8-17-6-2-1-3-7-17)24-27(25,26)21-11-10-19-16-23-13-12-18(19)14-21;/h1-3,6-7,10-14,16,20,24H,4-5,8-9,15,22H2;1H.